The largest absolute Gasteiger partial charge is 0.471 e. The average Bonchev–Trinajstić information content (AvgIpc) is 2.52. The highest BCUT2D eigenvalue weighted by atomic mass is 32.2. The van der Waals surface area contributed by atoms with E-state index in [1.54, 1.807) is 6.07 Å². The first-order valence-electron chi connectivity index (χ1n) is 6.99. The highest BCUT2D eigenvalue weighted by Gasteiger charge is 2.43. The van der Waals surface area contributed by atoms with Gasteiger partial charge >= 0.3 is 12.1 Å². The Kier molecular flexibility index (Phi) is 5.15. The molecule has 1 N–H and O–H groups in total. The summed E-state index contributed by atoms with van der Waals surface area (Å²) in [7, 11) is -3.86. The van der Waals surface area contributed by atoms with Crippen LogP contribution < -0.4 is 4.72 Å². The monoisotopic (exact) mass is 361 g/mol. The Morgan fingerprint density at radius 3 is 2.67 bits per heavy atom. The summed E-state index contributed by atoms with van der Waals surface area (Å²) in [6, 6.07) is 5.95. The Balaban J connectivity index is 2.22. The van der Waals surface area contributed by atoms with E-state index in [-0.39, 0.29) is 37.4 Å². The first-order chi connectivity index (χ1) is 11.1. The molecule has 1 amide bonds. The van der Waals surface area contributed by atoms with E-state index in [9.17, 15) is 26.4 Å². The molecule has 0 saturated heterocycles. The third-order valence-electron chi connectivity index (χ3n) is 3.56. The molecule has 0 saturated carbocycles. The van der Waals surface area contributed by atoms with Crippen molar-refractivity contribution in [2.24, 2.45) is 0 Å². The van der Waals surface area contributed by atoms with Gasteiger partial charge in [-0.2, -0.15) is 18.4 Å². The normalized spacial score (nSPS) is 14.8. The number of hydrogen-bond acceptors (Lipinski definition) is 4. The molecule has 1 aliphatic rings. The van der Waals surface area contributed by atoms with Crippen LogP contribution in [0, 0.1) is 11.3 Å². The van der Waals surface area contributed by atoms with E-state index in [4.69, 9.17) is 5.26 Å². The van der Waals surface area contributed by atoms with Crippen molar-refractivity contribution in [3.05, 3.63) is 29.3 Å². The lowest BCUT2D eigenvalue weighted by Crippen LogP contribution is -2.43. The predicted molar refractivity (Wildman–Crippen MR) is 77.0 cm³/mol. The van der Waals surface area contributed by atoms with Gasteiger partial charge in [-0.05, 0) is 29.7 Å². The molecule has 0 bridgehead atoms. The van der Waals surface area contributed by atoms with E-state index < -0.39 is 22.1 Å². The van der Waals surface area contributed by atoms with Gasteiger partial charge in [0.15, 0.2) is 0 Å². The maximum absolute atomic E-state index is 12.5. The summed E-state index contributed by atoms with van der Waals surface area (Å²) in [6.45, 7) is -0.429. The van der Waals surface area contributed by atoms with E-state index in [1.807, 2.05) is 0 Å². The minimum atomic E-state index is -4.96. The van der Waals surface area contributed by atoms with Gasteiger partial charge in [0, 0.05) is 26.1 Å². The number of amides is 1. The summed E-state index contributed by atoms with van der Waals surface area (Å²) in [6.07, 6.45) is -4.74. The second-order valence-electron chi connectivity index (χ2n) is 5.21. The molecule has 0 radical (unpaired) electrons. The van der Waals surface area contributed by atoms with Crippen molar-refractivity contribution in [2.75, 3.05) is 13.1 Å². The number of nitrogens with zero attached hydrogens (tertiary/aromatic N) is 2. The number of benzene rings is 1. The van der Waals surface area contributed by atoms with Gasteiger partial charge in [-0.1, -0.05) is 6.07 Å². The maximum atomic E-state index is 12.5. The Hall–Kier alpha value is -2.12. The Morgan fingerprint density at radius 1 is 1.33 bits per heavy atom. The van der Waals surface area contributed by atoms with Crippen LogP contribution in [0.2, 0.25) is 0 Å². The van der Waals surface area contributed by atoms with Gasteiger partial charge in [-0.15, -0.1) is 0 Å². The zero-order valence-corrected chi connectivity index (χ0v) is 13.2. The van der Waals surface area contributed by atoms with Crippen molar-refractivity contribution in [3.63, 3.8) is 0 Å². The van der Waals surface area contributed by atoms with Crippen molar-refractivity contribution >= 4 is 15.9 Å². The molecular formula is C14H14F3N3O3S. The molecule has 0 aromatic heterocycles. The van der Waals surface area contributed by atoms with Crippen molar-refractivity contribution in [1.82, 2.24) is 9.62 Å². The maximum Gasteiger partial charge on any atom is 0.471 e. The van der Waals surface area contributed by atoms with Crippen LogP contribution in [0.3, 0.4) is 0 Å². The molecule has 2 rings (SSSR count). The fourth-order valence-electron chi connectivity index (χ4n) is 2.38. The number of nitrogens with one attached hydrogen (secondary N) is 1. The van der Waals surface area contributed by atoms with Crippen molar-refractivity contribution in [1.29, 1.82) is 5.26 Å². The number of hydrogen-bond donors (Lipinski definition) is 1. The van der Waals surface area contributed by atoms with Crippen LogP contribution >= 0.6 is 0 Å². The molecule has 0 unspecified atom stereocenters. The lowest BCUT2D eigenvalue weighted by atomic mass is 10.00. The summed E-state index contributed by atoms with van der Waals surface area (Å²) < 4.78 is 64.0. The Labute approximate surface area is 136 Å². The average molecular weight is 361 g/mol. The quantitative estimate of drug-likeness (QED) is 0.819. The molecule has 1 heterocycles. The second kappa shape index (κ2) is 6.78. The van der Waals surface area contributed by atoms with Crippen LogP contribution in [-0.4, -0.2) is 38.5 Å². The van der Waals surface area contributed by atoms with Crippen LogP contribution in [0.15, 0.2) is 23.1 Å². The van der Waals surface area contributed by atoms with Gasteiger partial charge < -0.3 is 4.90 Å². The number of rotatable bonds is 4. The van der Waals surface area contributed by atoms with Crippen LogP contribution in [0.4, 0.5) is 13.2 Å². The third kappa shape index (κ3) is 4.04. The number of carbonyl (C=O) groups excluding carboxylic acids is 1. The number of halogens is 3. The van der Waals surface area contributed by atoms with Gasteiger partial charge in [0.2, 0.25) is 10.0 Å². The van der Waals surface area contributed by atoms with Crippen molar-refractivity contribution in [3.8, 4) is 6.07 Å². The number of fused-ring (bicyclic) bond motifs is 1. The summed E-state index contributed by atoms with van der Waals surface area (Å²) in [5.74, 6) is -1.94. The standard InChI is InChI=1S/C14H14F3N3O3S/c15-14(16,17)13(21)20-7-4-10-2-3-12(8-11(10)9-20)24(22,23)19-6-1-5-18/h2-3,8,19H,1,4,6-7,9H2. The second-order valence-corrected chi connectivity index (χ2v) is 6.98. The zero-order valence-electron chi connectivity index (χ0n) is 12.4. The Bertz CT molecular complexity index is 785. The van der Waals surface area contributed by atoms with Crippen LogP contribution in [0.1, 0.15) is 17.5 Å². The molecule has 24 heavy (non-hydrogen) atoms. The van der Waals surface area contributed by atoms with E-state index in [2.05, 4.69) is 4.72 Å². The fraction of sp³-hybridized carbons (Fsp3) is 0.429. The molecule has 0 spiro atoms. The minimum Gasteiger partial charge on any atom is -0.330 e. The van der Waals surface area contributed by atoms with Gasteiger partial charge in [-0.3, -0.25) is 4.79 Å². The van der Waals surface area contributed by atoms with E-state index >= 15 is 0 Å². The van der Waals surface area contributed by atoms with Gasteiger partial charge in [0.1, 0.15) is 0 Å². The smallest absolute Gasteiger partial charge is 0.330 e. The van der Waals surface area contributed by atoms with Crippen molar-refractivity contribution < 1.29 is 26.4 Å². The van der Waals surface area contributed by atoms with Crippen LogP contribution in [0.5, 0.6) is 0 Å². The lowest BCUT2D eigenvalue weighted by Gasteiger charge is -2.29. The molecule has 10 heteroatoms. The molecular weight excluding hydrogens is 347 g/mol. The number of carbonyl (C=O) groups is 1. The SMILES string of the molecule is N#CCCNS(=O)(=O)c1ccc2c(c1)CN(C(=O)C(F)(F)F)CC2. The van der Waals surface area contributed by atoms with E-state index in [1.165, 1.54) is 18.2 Å². The van der Waals surface area contributed by atoms with E-state index in [0.29, 0.717) is 16.0 Å². The van der Waals surface area contributed by atoms with Crippen LogP contribution in [-0.2, 0) is 27.8 Å². The zero-order chi connectivity index (χ0) is 18.0. The summed E-state index contributed by atoms with van der Waals surface area (Å²) in [5.41, 5.74) is 1.07. The van der Waals surface area contributed by atoms with E-state index in [0.717, 1.165) is 0 Å². The van der Waals surface area contributed by atoms with Crippen molar-refractivity contribution in [2.45, 2.75) is 30.5 Å². The number of nitriles is 1. The predicted octanol–water partition coefficient (Wildman–Crippen LogP) is 1.33. The third-order valence-corrected chi connectivity index (χ3v) is 5.02. The summed E-state index contributed by atoms with van der Waals surface area (Å²) in [4.78, 5) is 11.9. The minimum absolute atomic E-state index is 0.00195. The van der Waals surface area contributed by atoms with Gasteiger partial charge in [-0.25, -0.2) is 13.1 Å². The topological polar surface area (TPSA) is 90.3 Å². The molecule has 1 aromatic rings. The van der Waals surface area contributed by atoms with Gasteiger partial charge in [0.05, 0.1) is 11.0 Å². The number of alkyl halides is 3. The lowest BCUT2D eigenvalue weighted by molar-refractivity contribution is -0.186. The highest BCUT2D eigenvalue weighted by Crippen LogP contribution is 2.26. The molecule has 0 aliphatic carbocycles. The first-order valence-corrected chi connectivity index (χ1v) is 8.48. The van der Waals surface area contributed by atoms with Gasteiger partial charge in [0.25, 0.3) is 0 Å². The summed E-state index contributed by atoms with van der Waals surface area (Å²) in [5, 5.41) is 8.42. The fourth-order valence-corrected chi connectivity index (χ4v) is 3.46. The molecule has 1 aromatic carbocycles. The number of sulfonamides is 1. The molecule has 1 aliphatic heterocycles. The molecule has 6 nitrogen and oxygen atoms in total. The Morgan fingerprint density at radius 2 is 2.04 bits per heavy atom. The first kappa shape index (κ1) is 18.2. The molecule has 0 atom stereocenters. The molecule has 0 fully saturated rings. The highest BCUT2D eigenvalue weighted by molar-refractivity contribution is 7.89. The van der Waals surface area contributed by atoms with Crippen LogP contribution in [0.25, 0.3) is 0 Å². The summed E-state index contributed by atoms with van der Waals surface area (Å²) >= 11 is 0. The molecule has 130 valence electrons.